The van der Waals surface area contributed by atoms with Crippen molar-refractivity contribution in [3.63, 3.8) is 0 Å². The molecule has 288 valence electrons. The summed E-state index contributed by atoms with van der Waals surface area (Å²) >= 11 is 0. The second-order valence-electron chi connectivity index (χ2n) is 15.3. The fraction of sp³-hybridized carbons (Fsp3) is 0.450. The summed E-state index contributed by atoms with van der Waals surface area (Å²) in [7, 11) is -2.16. The summed E-state index contributed by atoms with van der Waals surface area (Å²) in [6, 6.07) is 15.1. The average Bonchev–Trinajstić information content (AvgIpc) is 4.07. The van der Waals surface area contributed by atoms with Gasteiger partial charge in [0.2, 0.25) is 27.7 Å². The van der Waals surface area contributed by atoms with E-state index in [4.69, 9.17) is 9.72 Å². The third-order valence-corrected chi connectivity index (χ3v) is 13.2. The maximum atomic E-state index is 14.7. The molecule has 2 aromatic heterocycles. The van der Waals surface area contributed by atoms with Gasteiger partial charge in [0.1, 0.15) is 29.4 Å². The molecule has 0 spiro atoms. The predicted molar refractivity (Wildman–Crippen MR) is 204 cm³/mol. The molecule has 2 aliphatic carbocycles. The summed E-state index contributed by atoms with van der Waals surface area (Å²) in [5.74, 6) is -2.41. The molecular formula is C40H45N7O7S. The van der Waals surface area contributed by atoms with Crippen molar-refractivity contribution in [1.82, 2.24) is 35.0 Å². The molecule has 14 nitrogen and oxygen atoms in total. The molecule has 1 saturated heterocycles. The lowest BCUT2D eigenvalue weighted by Crippen LogP contribution is -2.58. The molecule has 3 N–H and O–H groups in total. The molecule has 0 radical (unpaired) electrons. The number of hydrogen-bond donors (Lipinski definition) is 3. The number of nitrogens with one attached hydrogen (secondary N) is 3. The number of rotatable bonds is 7. The Labute approximate surface area is 319 Å². The van der Waals surface area contributed by atoms with Crippen molar-refractivity contribution in [2.24, 2.45) is 13.0 Å². The Morgan fingerprint density at radius 2 is 1.73 bits per heavy atom. The van der Waals surface area contributed by atoms with Crippen LogP contribution >= 0.6 is 0 Å². The fourth-order valence-electron chi connectivity index (χ4n) is 7.87. The Morgan fingerprint density at radius 1 is 0.982 bits per heavy atom. The zero-order valence-corrected chi connectivity index (χ0v) is 31.7. The summed E-state index contributed by atoms with van der Waals surface area (Å²) < 4.78 is 36.2. The lowest BCUT2D eigenvalue weighted by molar-refractivity contribution is -0.141. The van der Waals surface area contributed by atoms with Crippen molar-refractivity contribution in [1.29, 1.82) is 0 Å². The lowest BCUT2D eigenvalue weighted by atomic mass is 10.0. The van der Waals surface area contributed by atoms with Crippen LogP contribution < -0.4 is 20.1 Å². The van der Waals surface area contributed by atoms with Gasteiger partial charge in [0, 0.05) is 35.9 Å². The topological polar surface area (TPSA) is 182 Å². The quantitative estimate of drug-likeness (QED) is 0.187. The van der Waals surface area contributed by atoms with Crippen LogP contribution in [-0.4, -0.2) is 87.2 Å². The molecule has 8 rings (SSSR count). The van der Waals surface area contributed by atoms with Crippen LogP contribution in [0.25, 0.3) is 21.7 Å². The molecule has 3 fully saturated rings. The number of amides is 4. The highest BCUT2D eigenvalue weighted by atomic mass is 32.2. The number of nitrogens with zero attached hydrogens (tertiary/aromatic N) is 4. The minimum Gasteiger partial charge on any atom is -0.472 e. The van der Waals surface area contributed by atoms with E-state index in [9.17, 15) is 27.6 Å². The molecule has 4 aliphatic rings. The van der Waals surface area contributed by atoms with Gasteiger partial charge in [-0.1, -0.05) is 61.4 Å². The van der Waals surface area contributed by atoms with Crippen LogP contribution in [0.4, 0.5) is 0 Å². The van der Waals surface area contributed by atoms with E-state index in [1.165, 1.54) is 4.90 Å². The molecule has 2 saturated carbocycles. The highest BCUT2D eigenvalue weighted by Crippen LogP contribution is 2.46. The number of pyridine rings is 1. The first kappa shape index (κ1) is 36.7. The number of aromatic nitrogens is 3. The van der Waals surface area contributed by atoms with Crippen LogP contribution in [0.15, 0.2) is 66.7 Å². The highest BCUT2D eigenvalue weighted by molar-refractivity contribution is 7.91. The van der Waals surface area contributed by atoms with Crippen LogP contribution in [0.3, 0.4) is 0 Å². The van der Waals surface area contributed by atoms with E-state index in [2.05, 4.69) is 20.5 Å². The Morgan fingerprint density at radius 3 is 2.47 bits per heavy atom. The summed E-state index contributed by atoms with van der Waals surface area (Å²) in [5.41, 5.74) is 0.185. The molecular weight excluding hydrogens is 723 g/mol. The zero-order chi connectivity index (χ0) is 38.5. The van der Waals surface area contributed by atoms with E-state index in [1.54, 1.807) is 17.8 Å². The molecule has 5 atom stereocenters. The number of benzene rings is 2. The van der Waals surface area contributed by atoms with Crippen molar-refractivity contribution < 1.29 is 32.3 Å². The van der Waals surface area contributed by atoms with Crippen LogP contribution in [0, 0.1) is 12.8 Å². The first-order valence-corrected chi connectivity index (χ1v) is 20.6. The second-order valence-corrected chi connectivity index (χ2v) is 17.3. The van der Waals surface area contributed by atoms with E-state index in [-0.39, 0.29) is 25.1 Å². The minimum atomic E-state index is -3.89. The smallest absolute Gasteiger partial charge is 0.272 e. The number of allylic oxidation sites excluding steroid dienone is 1. The maximum Gasteiger partial charge on any atom is 0.272 e. The summed E-state index contributed by atoms with van der Waals surface area (Å²) in [6.07, 6.45) is 7.64. The largest absolute Gasteiger partial charge is 0.472 e. The SMILES string of the molecule is Cc1cc(C(=O)N[C@H]2CCCCC/C=C\[C@@H]3C[C@@]3(C(=O)NS(=O)(=O)C3CC3)NC(=O)[C@@H]3C[C@@H](Oc4nc5ccccc5c5ccccc45)CN3C2=O)nn1C. The summed E-state index contributed by atoms with van der Waals surface area (Å²) in [6.45, 7) is 1.83. The molecule has 55 heavy (non-hydrogen) atoms. The van der Waals surface area contributed by atoms with Gasteiger partial charge in [0.05, 0.1) is 17.3 Å². The van der Waals surface area contributed by atoms with E-state index in [1.807, 2.05) is 67.6 Å². The van der Waals surface area contributed by atoms with Crippen molar-refractivity contribution in [3.8, 4) is 5.88 Å². The Balaban J connectivity index is 1.12. The molecule has 2 aliphatic heterocycles. The first-order valence-electron chi connectivity index (χ1n) is 19.0. The number of sulfonamides is 1. The number of carbonyl (C=O) groups is 4. The van der Waals surface area contributed by atoms with Gasteiger partial charge in [0.15, 0.2) is 0 Å². The zero-order valence-electron chi connectivity index (χ0n) is 30.9. The summed E-state index contributed by atoms with van der Waals surface area (Å²) in [5, 5.41) is 12.2. The van der Waals surface area contributed by atoms with Crippen LogP contribution in [0.1, 0.15) is 74.0 Å². The van der Waals surface area contributed by atoms with Crippen molar-refractivity contribution >= 4 is 55.3 Å². The number of hydrogen-bond acceptors (Lipinski definition) is 9. The van der Waals surface area contributed by atoms with Gasteiger partial charge in [-0.05, 0) is 69.0 Å². The third kappa shape index (κ3) is 7.29. The Bertz CT molecular complexity index is 2320. The van der Waals surface area contributed by atoms with Gasteiger partial charge in [-0.2, -0.15) is 5.10 Å². The number of carbonyl (C=O) groups excluding carboxylic acids is 4. The predicted octanol–water partition coefficient (Wildman–Crippen LogP) is 3.58. The van der Waals surface area contributed by atoms with Crippen LogP contribution in [-0.2, 0) is 31.5 Å². The Kier molecular flexibility index (Phi) is 9.60. The van der Waals surface area contributed by atoms with E-state index < -0.39 is 68.5 Å². The Hall–Kier alpha value is -5.31. The number of ether oxygens (including phenoxy) is 1. The molecule has 4 amide bonds. The van der Waals surface area contributed by atoms with Gasteiger partial charge < -0.3 is 20.3 Å². The normalized spacial score (nSPS) is 26.6. The molecule has 0 unspecified atom stereocenters. The summed E-state index contributed by atoms with van der Waals surface area (Å²) in [4.78, 5) is 62.7. The van der Waals surface area contributed by atoms with Crippen molar-refractivity contribution in [2.45, 2.75) is 93.7 Å². The van der Waals surface area contributed by atoms with Crippen LogP contribution in [0.5, 0.6) is 5.88 Å². The fourth-order valence-corrected chi connectivity index (χ4v) is 9.24. The molecule has 4 heterocycles. The molecule has 15 heteroatoms. The van der Waals surface area contributed by atoms with E-state index in [0.29, 0.717) is 38.0 Å². The second kappa shape index (κ2) is 14.4. The molecule has 0 bridgehead atoms. The van der Waals surface area contributed by atoms with Crippen molar-refractivity contribution in [3.05, 3.63) is 78.1 Å². The maximum absolute atomic E-state index is 14.7. The van der Waals surface area contributed by atoms with E-state index in [0.717, 1.165) is 40.2 Å². The molecule has 4 aromatic rings. The third-order valence-electron chi connectivity index (χ3n) is 11.3. The number of aryl methyl sites for hydroxylation is 2. The van der Waals surface area contributed by atoms with Crippen molar-refractivity contribution in [2.75, 3.05) is 6.54 Å². The first-order chi connectivity index (χ1) is 26.4. The molecule has 2 aromatic carbocycles. The van der Waals surface area contributed by atoms with Gasteiger partial charge in [-0.15, -0.1) is 0 Å². The standard InChI is InChI=1S/C40H45N7O7S/c1-24-20-33(44-46(24)2)35(48)41-32-17-7-5-3-4-6-12-25-22-40(25,39(51)45-55(52,53)27-18-19-27)43-36(49)34-21-26(23-47(34)38(32)50)54-37-30-15-9-8-13-28(30)29-14-10-11-16-31(29)42-37/h6,8-16,20,25-27,32,34H,3-5,7,17-19,21-23H2,1-2H3,(H,41,48)(H,43,49)(H,45,51)/b12-6-/t25-,26-,32+,34+,40-/m1/s1. The van der Waals surface area contributed by atoms with Gasteiger partial charge in [0.25, 0.3) is 11.8 Å². The van der Waals surface area contributed by atoms with Gasteiger partial charge >= 0.3 is 0 Å². The average molecular weight is 768 g/mol. The van der Waals surface area contributed by atoms with E-state index >= 15 is 0 Å². The number of fused-ring (bicyclic) bond motifs is 5. The van der Waals surface area contributed by atoms with Gasteiger partial charge in [-0.3, -0.25) is 28.6 Å². The minimum absolute atomic E-state index is 0.00735. The van der Waals surface area contributed by atoms with Crippen LogP contribution in [0.2, 0.25) is 0 Å². The number of para-hydroxylation sites is 1. The van der Waals surface area contributed by atoms with Gasteiger partial charge in [-0.25, -0.2) is 13.4 Å². The highest BCUT2D eigenvalue weighted by Gasteiger charge is 2.62. The lowest BCUT2D eigenvalue weighted by Gasteiger charge is -2.29. The monoisotopic (exact) mass is 767 g/mol.